The molecule has 31 heavy (non-hydrogen) atoms. The molecule has 7 nitrogen and oxygen atoms in total. The monoisotopic (exact) mass is 417 g/mol. The second-order valence-electron chi connectivity index (χ2n) is 7.63. The molecule has 1 aliphatic heterocycles. The van der Waals surface area contributed by atoms with Gasteiger partial charge in [-0.25, -0.2) is 4.79 Å². The number of ether oxygens (including phenoxy) is 1. The Morgan fingerprint density at radius 2 is 1.71 bits per heavy atom. The Hall–Kier alpha value is -3.87. The van der Waals surface area contributed by atoms with E-state index in [0.29, 0.717) is 17.0 Å². The number of nitrogens with one attached hydrogen (secondary N) is 1. The van der Waals surface area contributed by atoms with E-state index in [1.807, 2.05) is 42.5 Å². The lowest BCUT2D eigenvalue weighted by molar-refractivity contribution is -0.134. The fraction of sp³-hybridized carbons (Fsp3) is 0.208. The van der Waals surface area contributed by atoms with Gasteiger partial charge in [-0.05, 0) is 41.5 Å². The van der Waals surface area contributed by atoms with Crippen LogP contribution in [0.1, 0.15) is 12.5 Å². The number of methoxy groups -OCH3 is 1. The number of amides is 4. The number of anilines is 1. The summed E-state index contributed by atoms with van der Waals surface area (Å²) in [6.07, 6.45) is 0. The summed E-state index contributed by atoms with van der Waals surface area (Å²) in [4.78, 5) is 41.1. The van der Waals surface area contributed by atoms with Gasteiger partial charge in [-0.15, -0.1) is 0 Å². The summed E-state index contributed by atoms with van der Waals surface area (Å²) in [5.74, 6) is -0.345. The number of para-hydroxylation sites is 2. The molecule has 4 amide bonds. The zero-order valence-electron chi connectivity index (χ0n) is 17.6. The van der Waals surface area contributed by atoms with Gasteiger partial charge in [0.1, 0.15) is 17.8 Å². The molecule has 7 heteroatoms. The maximum Gasteiger partial charge on any atom is 0.325 e. The standard InChI is InChI=1S/C24H23N3O4/c1-24(18-13-12-16-8-4-5-9-17(16)14-18)22(29)27(23(30)25-24)15-21(28)26(2)19-10-6-7-11-20(19)31-3/h4-14H,15H2,1-3H3,(H,25,30). The Bertz CT molecular complexity index is 1190. The highest BCUT2D eigenvalue weighted by Crippen LogP contribution is 2.32. The Kier molecular flexibility index (Phi) is 5.10. The average Bonchev–Trinajstić information content (AvgIpc) is 3.01. The SMILES string of the molecule is COc1ccccc1N(C)C(=O)CN1C(=O)NC(C)(c2ccc3ccccc3c2)C1=O. The third kappa shape index (κ3) is 3.48. The minimum atomic E-state index is -1.25. The first-order valence-corrected chi connectivity index (χ1v) is 9.88. The van der Waals surface area contributed by atoms with Crippen LogP contribution in [-0.4, -0.2) is 43.4 Å². The number of likely N-dealkylation sites (N-methyl/N-ethyl adjacent to an activating group) is 1. The van der Waals surface area contributed by atoms with Crippen molar-refractivity contribution < 1.29 is 19.1 Å². The predicted octanol–water partition coefficient (Wildman–Crippen LogP) is 3.28. The van der Waals surface area contributed by atoms with Crippen LogP contribution in [0.3, 0.4) is 0 Å². The topological polar surface area (TPSA) is 79.0 Å². The van der Waals surface area contributed by atoms with Crippen LogP contribution >= 0.6 is 0 Å². The lowest BCUT2D eigenvalue weighted by Crippen LogP contribution is -2.43. The van der Waals surface area contributed by atoms with Crippen LogP contribution in [0.5, 0.6) is 5.75 Å². The number of benzene rings is 3. The molecule has 158 valence electrons. The van der Waals surface area contributed by atoms with E-state index in [9.17, 15) is 14.4 Å². The molecular weight excluding hydrogens is 394 g/mol. The fourth-order valence-electron chi connectivity index (χ4n) is 3.82. The fourth-order valence-corrected chi connectivity index (χ4v) is 3.82. The number of nitrogens with zero attached hydrogens (tertiary/aromatic N) is 2. The minimum Gasteiger partial charge on any atom is -0.495 e. The molecule has 3 aromatic rings. The van der Waals surface area contributed by atoms with Crippen molar-refractivity contribution in [2.75, 3.05) is 25.6 Å². The summed E-state index contributed by atoms with van der Waals surface area (Å²) in [6, 6.07) is 19.9. The third-order valence-electron chi connectivity index (χ3n) is 5.72. The lowest BCUT2D eigenvalue weighted by Gasteiger charge is -2.24. The summed E-state index contributed by atoms with van der Waals surface area (Å²) in [6.45, 7) is 1.29. The van der Waals surface area contributed by atoms with Gasteiger partial charge in [0.15, 0.2) is 0 Å². The Balaban J connectivity index is 1.58. The molecule has 0 aromatic heterocycles. The average molecular weight is 417 g/mol. The molecule has 1 unspecified atom stereocenters. The van der Waals surface area contributed by atoms with Crippen LogP contribution in [-0.2, 0) is 15.1 Å². The van der Waals surface area contributed by atoms with E-state index < -0.39 is 23.4 Å². The van der Waals surface area contributed by atoms with Gasteiger partial charge in [0, 0.05) is 7.05 Å². The zero-order chi connectivity index (χ0) is 22.2. The van der Waals surface area contributed by atoms with E-state index in [4.69, 9.17) is 4.74 Å². The summed E-state index contributed by atoms with van der Waals surface area (Å²) < 4.78 is 5.30. The molecule has 1 fully saturated rings. The van der Waals surface area contributed by atoms with Crippen LogP contribution in [0.4, 0.5) is 10.5 Å². The molecule has 3 aromatic carbocycles. The van der Waals surface area contributed by atoms with Crippen molar-refractivity contribution >= 4 is 34.3 Å². The summed E-state index contributed by atoms with van der Waals surface area (Å²) in [7, 11) is 3.10. The van der Waals surface area contributed by atoms with Crippen molar-refractivity contribution in [3.05, 3.63) is 72.3 Å². The zero-order valence-corrected chi connectivity index (χ0v) is 17.6. The molecule has 0 bridgehead atoms. The number of hydrogen-bond acceptors (Lipinski definition) is 4. The van der Waals surface area contributed by atoms with Gasteiger partial charge in [0.25, 0.3) is 5.91 Å². The molecule has 1 saturated heterocycles. The second-order valence-corrected chi connectivity index (χ2v) is 7.63. The number of fused-ring (bicyclic) bond motifs is 1. The number of urea groups is 1. The molecule has 0 radical (unpaired) electrons. The number of hydrogen-bond donors (Lipinski definition) is 1. The van der Waals surface area contributed by atoms with Crippen molar-refractivity contribution in [3.63, 3.8) is 0 Å². The van der Waals surface area contributed by atoms with Gasteiger partial charge in [-0.1, -0.05) is 48.5 Å². The molecule has 1 N–H and O–H groups in total. The summed E-state index contributed by atoms with van der Waals surface area (Å²) in [5.41, 5.74) is -0.0263. The van der Waals surface area contributed by atoms with E-state index in [1.165, 1.54) is 12.0 Å². The Labute approximate surface area is 180 Å². The predicted molar refractivity (Wildman–Crippen MR) is 118 cm³/mol. The van der Waals surface area contributed by atoms with Crippen molar-refractivity contribution in [1.29, 1.82) is 0 Å². The molecule has 0 spiro atoms. The molecule has 0 aliphatic carbocycles. The van der Waals surface area contributed by atoms with E-state index >= 15 is 0 Å². The third-order valence-corrected chi connectivity index (χ3v) is 5.72. The first-order chi connectivity index (χ1) is 14.8. The van der Waals surface area contributed by atoms with E-state index in [1.54, 1.807) is 38.2 Å². The second kappa shape index (κ2) is 7.75. The van der Waals surface area contributed by atoms with Crippen molar-refractivity contribution in [3.8, 4) is 5.75 Å². The van der Waals surface area contributed by atoms with E-state index in [2.05, 4.69) is 5.32 Å². The largest absolute Gasteiger partial charge is 0.495 e. The number of carbonyl (C=O) groups excluding carboxylic acids is 3. The molecule has 0 saturated carbocycles. The van der Waals surface area contributed by atoms with Gasteiger partial charge in [0.05, 0.1) is 12.8 Å². The first kappa shape index (κ1) is 20.4. The van der Waals surface area contributed by atoms with E-state index in [-0.39, 0.29) is 6.54 Å². The molecule has 1 atom stereocenters. The molecule has 1 aliphatic rings. The molecule has 1 heterocycles. The van der Waals surface area contributed by atoms with Crippen LogP contribution in [0.2, 0.25) is 0 Å². The maximum absolute atomic E-state index is 13.2. The summed E-state index contributed by atoms with van der Waals surface area (Å²) >= 11 is 0. The lowest BCUT2D eigenvalue weighted by atomic mass is 9.90. The highest BCUT2D eigenvalue weighted by Gasteiger charge is 2.49. The number of carbonyl (C=O) groups is 3. The van der Waals surface area contributed by atoms with Crippen LogP contribution in [0, 0.1) is 0 Å². The Morgan fingerprint density at radius 3 is 2.45 bits per heavy atom. The van der Waals surface area contributed by atoms with Crippen LogP contribution < -0.4 is 15.0 Å². The van der Waals surface area contributed by atoms with Gasteiger partial charge in [-0.3, -0.25) is 14.5 Å². The van der Waals surface area contributed by atoms with Crippen molar-refractivity contribution in [2.45, 2.75) is 12.5 Å². The van der Waals surface area contributed by atoms with Gasteiger partial charge < -0.3 is 15.0 Å². The summed E-state index contributed by atoms with van der Waals surface area (Å²) in [5, 5.41) is 4.77. The molecule has 4 rings (SSSR count). The van der Waals surface area contributed by atoms with Gasteiger partial charge >= 0.3 is 6.03 Å². The van der Waals surface area contributed by atoms with Crippen molar-refractivity contribution in [1.82, 2.24) is 10.2 Å². The highest BCUT2D eigenvalue weighted by atomic mass is 16.5. The van der Waals surface area contributed by atoms with Crippen molar-refractivity contribution in [2.24, 2.45) is 0 Å². The number of rotatable bonds is 5. The first-order valence-electron chi connectivity index (χ1n) is 9.88. The number of imide groups is 1. The Morgan fingerprint density at radius 1 is 1.03 bits per heavy atom. The van der Waals surface area contributed by atoms with Gasteiger partial charge in [0.2, 0.25) is 5.91 Å². The minimum absolute atomic E-state index is 0.373. The van der Waals surface area contributed by atoms with Crippen LogP contribution in [0.15, 0.2) is 66.7 Å². The highest BCUT2D eigenvalue weighted by molar-refractivity contribution is 6.11. The normalized spacial score (nSPS) is 18.2. The van der Waals surface area contributed by atoms with E-state index in [0.717, 1.165) is 15.7 Å². The van der Waals surface area contributed by atoms with Gasteiger partial charge in [-0.2, -0.15) is 0 Å². The van der Waals surface area contributed by atoms with Crippen LogP contribution in [0.25, 0.3) is 10.8 Å². The quantitative estimate of drug-likeness (QED) is 0.646. The maximum atomic E-state index is 13.2. The smallest absolute Gasteiger partial charge is 0.325 e. The molecular formula is C24H23N3O4.